The molecule has 2 saturated heterocycles. The number of benzene rings is 2. The molecule has 2 aromatic carbocycles. The number of nitrogens with zero attached hydrogens (tertiary/aromatic N) is 3. The Hall–Kier alpha value is -3.76. The van der Waals surface area contributed by atoms with E-state index < -0.39 is 22.7 Å². The van der Waals surface area contributed by atoms with Crippen LogP contribution in [0.2, 0.25) is 0 Å². The van der Waals surface area contributed by atoms with E-state index in [-0.39, 0.29) is 29.7 Å². The van der Waals surface area contributed by atoms with E-state index in [4.69, 9.17) is 4.74 Å². The van der Waals surface area contributed by atoms with Crippen molar-refractivity contribution >= 4 is 23.1 Å². The van der Waals surface area contributed by atoms with E-state index >= 15 is 0 Å². The average Bonchev–Trinajstić information content (AvgIpc) is 3.12. The van der Waals surface area contributed by atoms with Gasteiger partial charge in [0.05, 0.1) is 22.6 Å². The summed E-state index contributed by atoms with van der Waals surface area (Å²) in [6, 6.07) is 11.5. The first-order valence-corrected chi connectivity index (χ1v) is 12.0. The van der Waals surface area contributed by atoms with Gasteiger partial charge in [0, 0.05) is 57.0 Å². The highest BCUT2D eigenvalue weighted by molar-refractivity contribution is 6.46. The Balaban J connectivity index is 1.73. The van der Waals surface area contributed by atoms with Crippen LogP contribution in [-0.4, -0.2) is 76.9 Å². The number of likely N-dealkylation sites (tertiary alicyclic amines) is 1. The molecule has 0 spiro atoms. The van der Waals surface area contributed by atoms with Gasteiger partial charge in [0.15, 0.2) is 0 Å². The number of hydrogen-bond donors (Lipinski definition) is 2. The van der Waals surface area contributed by atoms with Gasteiger partial charge in [0.2, 0.25) is 0 Å². The molecule has 4 rings (SSSR count). The summed E-state index contributed by atoms with van der Waals surface area (Å²) in [6.07, 6.45) is -0.0284. The molecule has 10 nitrogen and oxygen atoms in total. The molecule has 1 atom stereocenters. The number of non-ortho nitro benzene ring substituents is 1. The molecule has 190 valence electrons. The number of carbonyl (C=O) groups excluding carboxylic acids is 2. The molecule has 10 heteroatoms. The van der Waals surface area contributed by atoms with Crippen LogP contribution < -0.4 is 10.1 Å². The van der Waals surface area contributed by atoms with Gasteiger partial charge in [0.25, 0.3) is 17.4 Å². The largest absolute Gasteiger partial charge is 0.507 e. The van der Waals surface area contributed by atoms with Gasteiger partial charge >= 0.3 is 0 Å². The minimum atomic E-state index is -0.945. The number of aliphatic hydroxyl groups is 1. The summed E-state index contributed by atoms with van der Waals surface area (Å²) in [6.45, 7) is 7.89. The van der Waals surface area contributed by atoms with Crippen LogP contribution in [0.1, 0.15) is 31.0 Å². The molecule has 0 aliphatic carbocycles. The quantitative estimate of drug-likeness (QED) is 0.189. The number of nitro groups is 1. The van der Waals surface area contributed by atoms with Crippen molar-refractivity contribution in [3.63, 3.8) is 0 Å². The van der Waals surface area contributed by atoms with E-state index in [0.29, 0.717) is 23.4 Å². The van der Waals surface area contributed by atoms with Crippen molar-refractivity contribution in [2.75, 3.05) is 39.3 Å². The molecule has 0 unspecified atom stereocenters. The fourth-order valence-electron chi connectivity index (χ4n) is 4.57. The Bertz CT molecular complexity index is 1170. The van der Waals surface area contributed by atoms with E-state index in [1.165, 1.54) is 23.1 Å². The molecule has 2 aliphatic heterocycles. The second-order valence-corrected chi connectivity index (χ2v) is 9.13. The first kappa shape index (κ1) is 25.3. The molecular weight excluding hydrogens is 464 g/mol. The summed E-state index contributed by atoms with van der Waals surface area (Å²) < 4.78 is 5.65. The van der Waals surface area contributed by atoms with Crippen LogP contribution in [-0.2, 0) is 9.59 Å². The van der Waals surface area contributed by atoms with Crippen LogP contribution >= 0.6 is 0 Å². The third-order valence-corrected chi connectivity index (χ3v) is 6.30. The van der Waals surface area contributed by atoms with Crippen molar-refractivity contribution in [3.05, 3.63) is 75.3 Å². The third kappa shape index (κ3) is 5.39. The summed E-state index contributed by atoms with van der Waals surface area (Å²) in [5, 5.41) is 25.9. The molecule has 2 heterocycles. The lowest BCUT2D eigenvalue weighted by atomic mass is 9.95. The second kappa shape index (κ2) is 10.9. The predicted octanol–water partition coefficient (Wildman–Crippen LogP) is 2.71. The molecule has 0 aromatic heterocycles. The highest BCUT2D eigenvalue weighted by atomic mass is 16.6. The minimum absolute atomic E-state index is 0.0284. The molecule has 2 fully saturated rings. The Morgan fingerprint density at radius 2 is 1.83 bits per heavy atom. The van der Waals surface area contributed by atoms with Crippen LogP contribution in [0.4, 0.5) is 5.69 Å². The zero-order valence-electron chi connectivity index (χ0n) is 20.3. The SMILES string of the molecule is CC(C)Oc1ccc(C(O)=C2C(=O)C(=O)N(CCN3CCNCC3)[C@@H]2c2cccc([N+](=O)[O-])c2)cc1. The van der Waals surface area contributed by atoms with E-state index in [1.54, 1.807) is 30.3 Å². The molecule has 2 N–H and O–H groups in total. The third-order valence-electron chi connectivity index (χ3n) is 6.30. The highest BCUT2D eigenvalue weighted by Gasteiger charge is 2.46. The Morgan fingerprint density at radius 3 is 2.47 bits per heavy atom. The van der Waals surface area contributed by atoms with E-state index in [9.17, 15) is 24.8 Å². The summed E-state index contributed by atoms with van der Waals surface area (Å²) in [4.78, 5) is 40.9. The van der Waals surface area contributed by atoms with Gasteiger partial charge in [0.1, 0.15) is 11.5 Å². The summed E-state index contributed by atoms with van der Waals surface area (Å²) in [5.41, 5.74) is 0.500. The average molecular weight is 495 g/mol. The van der Waals surface area contributed by atoms with Crippen LogP contribution in [0.15, 0.2) is 54.1 Å². The highest BCUT2D eigenvalue weighted by Crippen LogP contribution is 2.40. The fourth-order valence-corrected chi connectivity index (χ4v) is 4.57. The van der Waals surface area contributed by atoms with Gasteiger partial charge < -0.3 is 20.1 Å². The monoisotopic (exact) mass is 494 g/mol. The number of aliphatic hydroxyl groups excluding tert-OH is 1. The molecular formula is C26H30N4O6. The van der Waals surface area contributed by atoms with E-state index in [2.05, 4.69) is 10.2 Å². The number of nitro benzene ring substituents is 1. The number of amides is 1. The van der Waals surface area contributed by atoms with Crippen molar-refractivity contribution in [1.82, 2.24) is 15.1 Å². The lowest BCUT2D eigenvalue weighted by Crippen LogP contribution is -2.46. The van der Waals surface area contributed by atoms with Crippen molar-refractivity contribution in [2.24, 2.45) is 0 Å². The van der Waals surface area contributed by atoms with Gasteiger partial charge in [-0.1, -0.05) is 12.1 Å². The number of nitrogens with one attached hydrogen (secondary N) is 1. The molecule has 2 aliphatic rings. The number of rotatable bonds is 8. The van der Waals surface area contributed by atoms with E-state index in [0.717, 1.165) is 26.2 Å². The Morgan fingerprint density at radius 1 is 1.14 bits per heavy atom. The fraction of sp³-hybridized carbons (Fsp3) is 0.385. The van der Waals surface area contributed by atoms with Crippen LogP contribution in [0.3, 0.4) is 0 Å². The minimum Gasteiger partial charge on any atom is -0.507 e. The van der Waals surface area contributed by atoms with E-state index in [1.807, 2.05) is 13.8 Å². The smallest absolute Gasteiger partial charge is 0.295 e. The van der Waals surface area contributed by atoms with Gasteiger partial charge in [-0.25, -0.2) is 0 Å². The van der Waals surface area contributed by atoms with Gasteiger partial charge in [-0.15, -0.1) is 0 Å². The van der Waals surface area contributed by atoms with Crippen LogP contribution in [0, 0.1) is 10.1 Å². The molecule has 0 saturated carbocycles. The number of hydrogen-bond acceptors (Lipinski definition) is 8. The topological polar surface area (TPSA) is 125 Å². The molecule has 2 aromatic rings. The van der Waals surface area contributed by atoms with Gasteiger partial charge in [-0.05, 0) is 43.7 Å². The molecule has 0 bridgehead atoms. The first-order valence-electron chi connectivity index (χ1n) is 12.0. The maximum Gasteiger partial charge on any atom is 0.295 e. The van der Waals surface area contributed by atoms with Crippen molar-refractivity contribution < 1.29 is 24.4 Å². The number of carbonyl (C=O) groups is 2. The number of ether oxygens (including phenoxy) is 1. The predicted molar refractivity (Wildman–Crippen MR) is 134 cm³/mol. The Labute approximate surface area is 209 Å². The molecule has 36 heavy (non-hydrogen) atoms. The number of Topliss-reactive ketones (excluding diaryl/α,β-unsaturated/α-hetero) is 1. The zero-order chi connectivity index (χ0) is 25.8. The molecule has 1 amide bonds. The number of ketones is 1. The number of piperazine rings is 1. The van der Waals surface area contributed by atoms with Crippen LogP contribution in [0.25, 0.3) is 5.76 Å². The van der Waals surface area contributed by atoms with Gasteiger partial charge in [-0.2, -0.15) is 0 Å². The maximum atomic E-state index is 13.2. The lowest BCUT2D eigenvalue weighted by molar-refractivity contribution is -0.384. The zero-order valence-corrected chi connectivity index (χ0v) is 20.3. The van der Waals surface area contributed by atoms with Crippen LogP contribution in [0.5, 0.6) is 5.75 Å². The van der Waals surface area contributed by atoms with Crippen molar-refractivity contribution in [2.45, 2.75) is 26.0 Å². The van der Waals surface area contributed by atoms with Gasteiger partial charge in [-0.3, -0.25) is 24.6 Å². The normalized spacial score (nSPS) is 20.2. The lowest BCUT2D eigenvalue weighted by Gasteiger charge is -2.31. The summed E-state index contributed by atoms with van der Waals surface area (Å²) in [7, 11) is 0. The maximum absolute atomic E-state index is 13.2. The summed E-state index contributed by atoms with van der Waals surface area (Å²) >= 11 is 0. The Kier molecular flexibility index (Phi) is 7.66. The first-order chi connectivity index (χ1) is 17.3. The standard InChI is InChI=1S/C26H30N4O6/c1-17(2)36-21-8-6-18(7-9-21)24(31)22-23(19-4-3-5-20(16-19)30(34)35)29(26(33)25(22)32)15-14-28-12-10-27-11-13-28/h3-9,16-17,23,27,31H,10-15H2,1-2H3/t23-/m1/s1. The van der Waals surface area contributed by atoms with Crippen molar-refractivity contribution in [3.8, 4) is 5.75 Å². The molecule has 0 radical (unpaired) electrons. The van der Waals surface area contributed by atoms with Crippen molar-refractivity contribution in [1.29, 1.82) is 0 Å². The second-order valence-electron chi connectivity index (χ2n) is 9.13. The summed E-state index contributed by atoms with van der Waals surface area (Å²) in [5.74, 6) is -1.27.